The summed E-state index contributed by atoms with van der Waals surface area (Å²) in [5, 5.41) is 18.9. The van der Waals surface area contributed by atoms with Crippen molar-refractivity contribution in [2.75, 3.05) is 13.1 Å². The van der Waals surface area contributed by atoms with E-state index in [1.807, 2.05) is 6.92 Å². The van der Waals surface area contributed by atoms with E-state index in [4.69, 9.17) is 5.11 Å². The number of carbonyl (C=O) groups is 2. The lowest BCUT2D eigenvalue weighted by atomic mass is 9.91. The average molecular weight is 384 g/mol. The topological polar surface area (TPSA) is 124 Å². The molecule has 0 radical (unpaired) electrons. The van der Waals surface area contributed by atoms with Crippen LogP contribution in [0.15, 0.2) is 29.2 Å². The fourth-order valence-corrected chi connectivity index (χ4v) is 4.00. The molecule has 1 fully saturated rings. The number of sulfonamides is 1. The minimum absolute atomic E-state index is 0.0423. The highest BCUT2D eigenvalue weighted by molar-refractivity contribution is 7.89. The minimum atomic E-state index is -3.64. The number of nitrogens with zero attached hydrogens (tertiary/aromatic N) is 1. The molecular formula is C17H24N2O6S. The lowest BCUT2D eigenvalue weighted by molar-refractivity contribution is -0.162. The molecule has 0 spiro atoms. The predicted molar refractivity (Wildman–Crippen MR) is 94.2 cm³/mol. The molecule has 0 aliphatic carbocycles. The molecule has 9 heteroatoms. The van der Waals surface area contributed by atoms with Crippen molar-refractivity contribution in [2.24, 2.45) is 0 Å². The third-order valence-electron chi connectivity index (χ3n) is 4.66. The molecule has 1 atom stereocenters. The molecule has 1 heterocycles. The molecule has 0 saturated carbocycles. The highest BCUT2D eigenvalue weighted by Crippen LogP contribution is 2.24. The van der Waals surface area contributed by atoms with Crippen LogP contribution in [-0.4, -0.2) is 60.1 Å². The summed E-state index contributed by atoms with van der Waals surface area (Å²) in [7, 11) is -3.64. The van der Waals surface area contributed by atoms with E-state index in [0.717, 1.165) is 0 Å². The molecule has 1 aliphatic rings. The summed E-state index contributed by atoms with van der Waals surface area (Å²) in [5.74, 6) is -1.61. The van der Waals surface area contributed by atoms with Crippen LogP contribution in [0.5, 0.6) is 0 Å². The predicted octanol–water partition coefficient (Wildman–Crippen LogP) is 0.815. The van der Waals surface area contributed by atoms with Gasteiger partial charge in [-0.2, -0.15) is 0 Å². The highest BCUT2D eigenvalue weighted by atomic mass is 32.2. The Hall–Kier alpha value is -1.97. The van der Waals surface area contributed by atoms with Gasteiger partial charge < -0.3 is 15.1 Å². The van der Waals surface area contributed by atoms with Gasteiger partial charge in [-0.3, -0.25) is 4.79 Å². The van der Waals surface area contributed by atoms with E-state index in [1.54, 1.807) is 6.92 Å². The maximum absolute atomic E-state index is 12.5. The number of piperidine rings is 1. The fraction of sp³-hybridized carbons (Fsp3) is 0.529. The molecule has 1 aliphatic heterocycles. The Bertz CT molecular complexity index is 767. The first kappa shape index (κ1) is 20.3. The summed E-state index contributed by atoms with van der Waals surface area (Å²) in [5.41, 5.74) is -1.48. The largest absolute Gasteiger partial charge is 0.479 e. The van der Waals surface area contributed by atoms with Crippen LogP contribution in [0.4, 0.5) is 0 Å². The number of hydrogen-bond donors (Lipinski definition) is 3. The number of aliphatic carboxylic acids is 1. The number of benzene rings is 1. The van der Waals surface area contributed by atoms with Gasteiger partial charge in [0.2, 0.25) is 10.0 Å². The zero-order valence-corrected chi connectivity index (χ0v) is 15.6. The van der Waals surface area contributed by atoms with Gasteiger partial charge >= 0.3 is 5.97 Å². The van der Waals surface area contributed by atoms with Crippen molar-refractivity contribution in [3.8, 4) is 0 Å². The molecular weight excluding hydrogens is 360 g/mol. The second-order valence-electron chi connectivity index (χ2n) is 6.58. The SMILES string of the molecule is CCC(C)NS(=O)(=O)c1ccc(C(=O)N2CCC(O)(C(=O)O)CC2)cc1. The Kier molecular flexibility index (Phi) is 6.05. The summed E-state index contributed by atoms with van der Waals surface area (Å²) in [6.45, 7) is 3.89. The molecule has 1 saturated heterocycles. The Balaban J connectivity index is 2.07. The normalized spacial score (nSPS) is 18.3. The van der Waals surface area contributed by atoms with Gasteiger partial charge in [0.1, 0.15) is 0 Å². The van der Waals surface area contributed by atoms with E-state index in [1.165, 1.54) is 29.2 Å². The second kappa shape index (κ2) is 7.73. The number of rotatable bonds is 6. The van der Waals surface area contributed by atoms with Crippen molar-refractivity contribution in [3.05, 3.63) is 29.8 Å². The Morgan fingerprint density at radius 2 is 1.77 bits per heavy atom. The van der Waals surface area contributed by atoms with Crippen LogP contribution < -0.4 is 4.72 Å². The first-order valence-electron chi connectivity index (χ1n) is 8.46. The smallest absolute Gasteiger partial charge is 0.335 e. The summed E-state index contributed by atoms with van der Waals surface area (Å²) in [6, 6.07) is 5.42. The molecule has 1 aromatic rings. The molecule has 1 unspecified atom stereocenters. The zero-order chi connectivity index (χ0) is 19.5. The van der Waals surface area contributed by atoms with Crippen LogP contribution >= 0.6 is 0 Å². The number of aliphatic hydroxyl groups is 1. The molecule has 0 aromatic heterocycles. The van der Waals surface area contributed by atoms with E-state index in [9.17, 15) is 23.1 Å². The second-order valence-corrected chi connectivity index (χ2v) is 8.30. The molecule has 3 N–H and O–H groups in total. The van der Waals surface area contributed by atoms with Crippen LogP contribution in [0.3, 0.4) is 0 Å². The first-order chi connectivity index (χ1) is 12.1. The summed E-state index contributed by atoms with van der Waals surface area (Å²) in [6.07, 6.45) is 0.576. The van der Waals surface area contributed by atoms with E-state index >= 15 is 0 Å². The van der Waals surface area contributed by atoms with Gasteiger partial charge in [0.15, 0.2) is 5.60 Å². The van der Waals surface area contributed by atoms with Gasteiger partial charge in [-0.25, -0.2) is 17.9 Å². The maximum atomic E-state index is 12.5. The Morgan fingerprint density at radius 1 is 1.23 bits per heavy atom. The van der Waals surface area contributed by atoms with Gasteiger partial charge in [-0.15, -0.1) is 0 Å². The number of hydrogen-bond acceptors (Lipinski definition) is 5. The van der Waals surface area contributed by atoms with Gasteiger partial charge in [-0.1, -0.05) is 6.92 Å². The lowest BCUT2D eigenvalue weighted by Crippen LogP contribution is -2.50. The Labute approximate surface area is 152 Å². The van der Waals surface area contributed by atoms with Crippen LogP contribution in [-0.2, 0) is 14.8 Å². The minimum Gasteiger partial charge on any atom is -0.479 e. The van der Waals surface area contributed by atoms with Gasteiger partial charge in [0.25, 0.3) is 5.91 Å². The summed E-state index contributed by atoms with van der Waals surface area (Å²) < 4.78 is 27.0. The number of nitrogens with one attached hydrogen (secondary N) is 1. The van der Waals surface area contributed by atoms with E-state index in [0.29, 0.717) is 12.0 Å². The van der Waals surface area contributed by atoms with Crippen molar-refractivity contribution < 1.29 is 28.2 Å². The van der Waals surface area contributed by atoms with Gasteiger partial charge in [-0.05, 0) is 37.6 Å². The zero-order valence-electron chi connectivity index (χ0n) is 14.8. The standard InChI is InChI=1S/C17H24N2O6S/c1-3-12(2)18-26(24,25)14-6-4-13(5-7-14)15(20)19-10-8-17(23,9-11-19)16(21)22/h4-7,12,18,23H,3,8-11H2,1-2H3,(H,21,22). The number of likely N-dealkylation sites (tertiary alicyclic amines) is 1. The molecule has 8 nitrogen and oxygen atoms in total. The number of amides is 1. The van der Waals surface area contributed by atoms with E-state index < -0.39 is 21.6 Å². The maximum Gasteiger partial charge on any atom is 0.335 e. The highest BCUT2D eigenvalue weighted by Gasteiger charge is 2.40. The van der Waals surface area contributed by atoms with Crippen LogP contribution in [0, 0.1) is 0 Å². The molecule has 144 valence electrons. The van der Waals surface area contributed by atoms with Crippen LogP contribution in [0.2, 0.25) is 0 Å². The molecule has 2 rings (SSSR count). The third kappa shape index (κ3) is 4.40. The lowest BCUT2D eigenvalue weighted by Gasteiger charge is -2.35. The van der Waals surface area contributed by atoms with Crippen LogP contribution in [0.1, 0.15) is 43.5 Å². The van der Waals surface area contributed by atoms with Crippen molar-refractivity contribution in [1.82, 2.24) is 9.62 Å². The quantitative estimate of drug-likeness (QED) is 0.667. The fourth-order valence-electron chi connectivity index (χ4n) is 2.67. The van der Waals surface area contributed by atoms with E-state index in [2.05, 4.69) is 4.72 Å². The number of carboxylic acids is 1. The molecule has 0 bridgehead atoms. The van der Waals surface area contributed by atoms with E-state index in [-0.39, 0.29) is 42.8 Å². The molecule has 26 heavy (non-hydrogen) atoms. The van der Waals surface area contributed by atoms with Crippen LogP contribution in [0.25, 0.3) is 0 Å². The van der Waals surface area contributed by atoms with Crippen molar-refractivity contribution in [3.63, 3.8) is 0 Å². The summed E-state index contributed by atoms with van der Waals surface area (Å²) in [4.78, 5) is 25.1. The number of carbonyl (C=O) groups excluding carboxylic acids is 1. The first-order valence-corrected chi connectivity index (χ1v) is 9.95. The summed E-state index contributed by atoms with van der Waals surface area (Å²) >= 11 is 0. The average Bonchev–Trinajstić information content (AvgIpc) is 2.61. The third-order valence-corrected chi connectivity index (χ3v) is 6.26. The molecule has 1 amide bonds. The van der Waals surface area contributed by atoms with Crippen molar-refractivity contribution >= 4 is 21.9 Å². The molecule has 1 aromatic carbocycles. The number of carboxylic acid groups (broad SMARTS) is 1. The van der Waals surface area contributed by atoms with Gasteiger partial charge in [0, 0.05) is 37.5 Å². The van der Waals surface area contributed by atoms with Crippen molar-refractivity contribution in [2.45, 2.75) is 49.6 Å². The van der Waals surface area contributed by atoms with Crippen molar-refractivity contribution in [1.29, 1.82) is 0 Å². The monoisotopic (exact) mass is 384 g/mol. The van der Waals surface area contributed by atoms with Gasteiger partial charge in [0.05, 0.1) is 4.90 Å². The Morgan fingerprint density at radius 3 is 2.23 bits per heavy atom.